The highest BCUT2D eigenvalue weighted by atomic mass is 16.5. The average molecular weight is 342 g/mol. The van der Waals surface area contributed by atoms with Crippen LogP contribution >= 0.6 is 0 Å². The first-order valence-electron chi connectivity index (χ1n) is 9.95. The second-order valence-corrected chi connectivity index (χ2v) is 8.02. The molecule has 3 unspecified atom stereocenters. The first kappa shape index (κ1) is 17.0. The summed E-state index contributed by atoms with van der Waals surface area (Å²) in [6.07, 6.45) is 8.66. The van der Waals surface area contributed by atoms with Gasteiger partial charge < -0.3 is 10.1 Å². The molecule has 3 aliphatic rings. The molecule has 4 nitrogen and oxygen atoms in total. The van der Waals surface area contributed by atoms with Gasteiger partial charge in [-0.25, -0.2) is 0 Å². The molecule has 1 aromatic carbocycles. The lowest BCUT2D eigenvalue weighted by Gasteiger charge is -2.46. The van der Waals surface area contributed by atoms with Gasteiger partial charge in [0.25, 0.3) is 0 Å². The third-order valence-electron chi connectivity index (χ3n) is 6.31. The highest BCUT2D eigenvalue weighted by Gasteiger charge is 2.46. The van der Waals surface area contributed by atoms with Crippen molar-refractivity contribution in [1.29, 1.82) is 0 Å². The van der Waals surface area contributed by atoms with E-state index >= 15 is 0 Å². The predicted molar refractivity (Wildman–Crippen MR) is 98.4 cm³/mol. The zero-order valence-corrected chi connectivity index (χ0v) is 15.1. The van der Waals surface area contributed by atoms with Gasteiger partial charge in [-0.2, -0.15) is 0 Å². The zero-order valence-electron chi connectivity index (χ0n) is 15.1. The topological polar surface area (TPSA) is 41.6 Å². The van der Waals surface area contributed by atoms with Crippen LogP contribution in [0.3, 0.4) is 0 Å². The SMILES string of the molecule is O=C(Cc1ccccc1)NC1CCC2(CCCO2)CC1N1CCCC1. The van der Waals surface area contributed by atoms with Crippen molar-refractivity contribution in [2.24, 2.45) is 0 Å². The van der Waals surface area contributed by atoms with Crippen LogP contribution in [0, 0.1) is 0 Å². The van der Waals surface area contributed by atoms with E-state index in [-0.39, 0.29) is 17.6 Å². The van der Waals surface area contributed by atoms with E-state index in [9.17, 15) is 4.79 Å². The van der Waals surface area contributed by atoms with Gasteiger partial charge in [0.1, 0.15) is 0 Å². The molecule has 3 fully saturated rings. The lowest BCUT2D eigenvalue weighted by atomic mass is 9.76. The molecule has 2 aliphatic heterocycles. The largest absolute Gasteiger partial charge is 0.375 e. The van der Waals surface area contributed by atoms with Crippen molar-refractivity contribution in [2.45, 2.75) is 69.1 Å². The molecule has 3 atom stereocenters. The van der Waals surface area contributed by atoms with Crippen molar-refractivity contribution in [3.63, 3.8) is 0 Å². The number of nitrogens with zero attached hydrogens (tertiary/aromatic N) is 1. The molecule has 4 rings (SSSR count). The molecule has 1 amide bonds. The number of nitrogens with one attached hydrogen (secondary N) is 1. The Morgan fingerprint density at radius 3 is 2.68 bits per heavy atom. The predicted octanol–water partition coefficient (Wildman–Crippen LogP) is 2.91. The fraction of sp³-hybridized carbons (Fsp3) is 0.667. The van der Waals surface area contributed by atoms with E-state index in [1.807, 2.05) is 30.3 Å². The van der Waals surface area contributed by atoms with Gasteiger partial charge in [-0.05, 0) is 63.6 Å². The number of hydrogen-bond acceptors (Lipinski definition) is 3. The molecule has 1 aliphatic carbocycles. The van der Waals surface area contributed by atoms with Crippen LogP contribution in [-0.2, 0) is 16.0 Å². The molecule has 1 aromatic rings. The van der Waals surface area contributed by atoms with Gasteiger partial charge in [-0.15, -0.1) is 0 Å². The average Bonchev–Trinajstić information content (AvgIpc) is 3.30. The minimum absolute atomic E-state index is 0.0912. The summed E-state index contributed by atoms with van der Waals surface area (Å²) in [4.78, 5) is 15.2. The molecule has 0 aromatic heterocycles. The van der Waals surface area contributed by atoms with E-state index in [0.29, 0.717) is 12.5 Å². The molecule has 0 radical (unpaired) electrons. The van der Waals surface area contributed by atoms with E-state index in [0.717, 1.165) is 31.4 Å². The van der Waals surface area contributed by atoms with Gasteiger partial charge in [0.2, 0.25) is 5.91 Å². The molecule has 1 saturated carbocycles. The molecular formula is C21H30N2O2. The normalized spacial score (nSPS) is 33.0. The molecule has 136 valence electrons. The number of ether oxygens (including phenoxy) is 1. The standard InChI is InChI=1S/C21H30N2O2/c24-20(15-17-7-2-1-3-8-17)22-18-9-11-21(10-6-14-25-21)16-19(18)23-12-4-5-13-23/h1-3,7-8,18-19H,4-6,9-16H2,(H,22,24). The Morgan fingerprint density at radius 2 is 1.96 bits per heavy atom. The van der Waals surface area contributed by atoms with Gasteiger partial charge in [0, 0.05) is 18.7 Å². The van der Waals surface area contributed by atoms with Crippen molar-refractivity contribution < 1.29 is 9.53 Å². The second-order valence-electron chi connectivity index (χ2n) is 8.02. The number of amides is 1. The van der Waals surface area contributed by atoms with E-state index in [4.69, 9.17) is 4.74 Å². The summed E-state index contributed by atoms with van der Waals surface area (Å²) in [5.74, 6) is 0.156. The Morgan fingerprint density at radius 1 is 1.16 bits per heavy atom. The molecule has 1 spiro atoms. The maximum Gasteiger partial charge on any atom is 0.224 e. The Kier molecular flexibility index (Phi) is 5.09. The Labute approximate surface area is 150 Å². The van der Waals surface area contributed by atoms with Crippen molar-refractivity contribution in [2.75, 3.05) is 19.7 Å². The monoisotopic (exact) mass is 342 g/mol. The lowest BCUT2D eigenvalue weighted by molar-refractivity contribution is -0.123. The summed E-state index contributed by atoms with van der Waals surface area (Å²) in [7, 11) is 0. The summed E-state index contributed by atoms with van der Waals surface area (Å²) < 4.78 is 6.18. The van der Waals surface area contributed by atoms with Crippen molar-refractivity contribution in [3.05, 3.63) is 35.9 Å². The van der Waals surface area contributed by atoms with Crippen molar-refractivity contribution >= 4 is 5.91 Å². The van der Waals surface area contributed by atoms with E-state index in [2.05, 4.69) is 10.2 Å². The maximum atomic E-state index is 12.6. The number of carbonyl (C=O) groups is 1. The fourth-order valence-electron chi connectivity index (χ4n) is 5.01. The summed E-state index contributed by atoms with van der Waals surface area (Å²) in [5, 5.41) is 3.36. The Bertz CT molecular complexity index is 577. The van der Waals surface area contributed by atoms with Crippen LogP contribution in [0.1, 0.15) is 50.5 Å². The maximum absolute atomic E-state index is 12.6. The molecule has 2 saturated heterocycles. The smallest absolute Gasteiger partial charge is 0.224 e. The van der Waals surface area contributed by atoms with Gasteiger partial charge in [-0.1, -0.05) is 30.3 Å². The fourth-order valence-corrected chi connectivity index (χ4v) is 5.01. The highest BCUT2D eigenvalue weighted by molar-refractivity contribution is 5.78. The number of carbonyl (C=O) groups excluding carboxylic acids is 1. The molecule has 2 heterocycles. The molecule has 1 N–H and O–H groups in total. The first-order chi connectivity index (χ1) is 12.2. The molecular weight excluding hydrogens is 312 g/mol. The Hall–Kier alpha value is -1.39. The molecule has 0 bridgehead atoms. The van der Waals surface area contributed by atoms with Crippen molar-refractivity contribution in [1.82, 2.24) is 10.2 Å². The van der Waals surface area contributed by atoms with E-state index in [1.165, 1.54) is 38.8 Å². The summed E-state index contributed by atoms with van der Waals surface area (Å²) in [6.45, 7) is 3.26. The summed E-state index contributed by atoms with van der Waals surface area (Å²) in [5.41, 5.74) is 1.18. The molecule has 4 heteroatoms. The minimum Gasteiger partial charge on any atom is -0.375 e. The van der Waals surface area contributed by atoms with E-state index in [1.54, 1.807) is 0 Å². The minimum atomic E-state index is 0.0912. The lowest BCUT2D eigenvalue weighted by Crippen LogP contribution is -2.58. The third-order valence-corrected chi connectivity index (χ3v) is 6.31. The van der Waals surface area contributed by atoms with Gasteiger partial charge in [0.05, 0.1) is 12.0 Å². The number of rotatable bonds is 4. The van der Waals surface area contributed by atoms with Crippen LogP contribution in [-0.4, -0.2) is 48.2 Å². The number of benzene rings is 1. The highest BCUT2D eigenvalue weighted by Crippen LogP contribution is 2.41. The van der Waals surface area contributed by atoms with Crippen LogP contribution in [0.25, 0.3) is 0 Å². The zero-order chi connectivity index (χ0) is 17.1. The quantitative estimate of drug-likeness (QED) is 0.915. The van der Waals surface area contributed by atoms with Crippen LogP contribution < -0.4 is 5.32 Å². The Balaban J connectivity index is 1.42. The summed E-state index contributed by atoms with van der Waals surface area (Å²) >= 11 is 0. The van der Waals surface area contributed by atoms with Crippen molar-refractivity contribution in [3.8, 4) is 0 Å². The summed E-state index contributed by atoms with van der Waals surface area (Å²) in [6, 6.07) is 10.7. The second kappa shape index (κ2) is 7.46. The van der Waals surface area contributed by atoms with Gasteiger partial charge >= 0.3 is 0 Å². The first-order valence-corrected chi connectivity index (χ1v) is 9.95. The van der Waals surface area contributed by atoms with Gasteiger partial charge in [-0.3, -0.25) is 9.69 Å². The third kappa shape index (κ3) is 3.90. The van der Waals surface area contributed by atoms with Crippen LogP contribution in [0.15, 0.2) is 30.3 Å². The van der Waals surface area contributed by atoms with Crippen LogP contribution in [0.4, 0.5) is 0 Å². The van der Waals surface area contributed by atoms with Crippen LogP contribution in [0.5, 0.6) is 0 Å². The van der Waals surface area contributed by atoms with Crippen LogP contribution in [0.2, 0.25) is 0 Å². The number of hydrogen-bond donors (Lipinski definition) is 1. The number of likely N-dealkylation sites (tertiary alicyclic amines) is 1. The molecule has 25 heavy (non-hydrogen) atoms. The van der Waals surface area contributed by atoms with E-state index < -0.39 is 0 Å². The van der Waals surface area contributed by atoms with Gasteiger partial charge in [0.15, 0.2) is 0 Å².